The van der Waals surface area contributed by atoms with Crippen molar-refractivity contribution >= 4 is 22.9 Å². The molecule has 1 fully saturated rings. The molecule has 0 radical (unpaired) electrons. The molecule has 1 atom stereocenters. The zero-order chi connectivity index (χ0) is 12.5. The van der Waals surface area contributed by atoms with Gasteiger partial charge < -0.3 is 9.30 Å². The number of benzene rings is 1. The van der Waals surface area contributed by atoms with E-state index in [1.807, 2.05) is 35.9 Å². The Bertz CT molecular complexity index is 585. The van der Waals surface area contributed by atoms with E-state index in [9.17, 15) is 4.79 Å². The minimum Gasteiger partial charge on any atom is -0.368 e. The first-order chi connectivity index (χ1) is 8.75. The molecule has 0 saturated carbocycles. The molecule has 0 spiro atoms. The van der Waals surface area contributed by atoms with Gasteiger partial charge in [0, 0.05) is 13.7 Å². The van der Waals surface area contributed by atoms with Gasteiger partial charge in [-0.15, -0.1) is 0 Å². The lowest BCUT2D eigenvalue weighted by Crippen LogP contribution is -2.28. The fourth-order valence-corrected chi connectivity index (χ4v) is 2.23. The van der Waals surface area contributed by atoms with Gasteiger partial charge in [-0.1, -0.05) is 12.1 Å². The maximum absolute atomic E-state index is 12.0. The summed E-state index contributed by atoms with van der Waals surface area (Å²) >= 11 is 0. The third-order valence-electron chi connectivity index (χ3n) is 3.24. The second-order valence-corrected chi connectivity index (χ2v) is 4.47. The molecule has 2 aromatic rings. The average molecular weight is 245 g/mol. The molecule has 1 N–H and O–H groups in total. The third kappa shape index (κ3) is 1.86. The predicted molar refractivity (Wildman–Crippen MR) is 68.3 cm³/mol. The highest BCUT2D eigenvalue weighted by molar-refractivity contribution is 5.94. The molecule has 5 heteroatoms. The molecule has 0 unspecified atom stereocenters. The predicted octanol–water partition coefficient (Wildman–Crippen LogP) is 1.69. The molecule has 5 nitrogen and oxygen atoms in total. The quantitative estimate of drug-likeness (QED) is 0.876. The van der Waals surface area contributed by atoms with E-state index in [4.69, 9.17) is 4.74 Å². The van der Waals surface area contributed by atoms with Crippen LogP contribution >= 0.6 is 0 Å². The summed E-state index contributed by atoms with van der Waals surface area (Å²) in [6.07, 6.45) is 1.40. The highest BCUT2D eigenvalue weighted by Gasteiger charge is 2.24. The normalized spacial score (nSPS) is 19.3. The summed E-state index contributed by atoms with van der Waals surface area (Å²) < 4.78 is 7.23. The molecule has 18 heavy (non-hydrogen) atoms. The lowest BCUT2D eigenvalue weighted by atomic mass is 10.2. The van der Waals surface area contributed by atoms with Gasteiger partial charge >= 0.3 is 0 Å². The van der Waals surface area contributed by atoms with Crippen molar-refractivity contribution in [1.82, 2.24) is 9.55 Å². The Morgan fingerprint density at radius 2 is 2.33 bits per heavy atom. The van der Waals surface area contributed by atoms with Crippen LogP contribution in [0.1, 0.15) is 12.8 Å². The molecule has 1 saturated heterocycles. The van der Waals surface area contributed by atoms with E-state index in [2.05, 4.69) is 10.3 Å². The van der Waals surface area contributed by atoms with Gasteiger partial charge in [0.25, 0.3) is 5.91 Å². The van der Waals surface area contributed by atoms with Crippen molar-refractivity contribution in [3.8, 4) is 0 Å². The number of imidazole rings is 1. The monoisotopic (exact) mass is 245 g/mol. The number of carbonyl (C=O) groups is 1. The van der Waals surface area contributed by atoms with Gasteiger partial charge in [-0.3, -0.25) is 10.1 Å². The Morgan fingerprint density at radius 1 is 1.50 bits per heavy atom. The molecule has 0 bridgehead atoms. The zero-order valence-electron chi connectivity index (χ0n) is 10.2. The molecule has 1 aliphatic heterocycles. The highest BCUT2D eigenvalue weighted by Crippen LogP contribution is 2.19. The molecule has 1 aromatic heterocycles. The van der Waals surface area contributed by atoms with Gasteiger partial charge in [0.15, 0.2) is 0 Å². The van der Waals surface area contributed by atoms with Crippen molar-refractivity contribution in [3.05, 3.63) is 24.3 Å². The number of anilines is 1. The van der Waals surface area contributed by atoms with E-state index in [0.717, 1.165) is 23.9 Å². The van der Waals surface area contributed by atoms with Crippen molar-refractivity contribution < 1.29 is 9.53 Å². The Labute approximate surface area is 105 Å². The largest absolute Gasteiger partial charge is 0.368 e. The molecule has 1 aliphatic rings. The Kier molecular flexibility index (Phi) is 2.76. The number of fused-ring (bicyclic) bond motifs is 1. The standard InChI is InChI=1S/C13H15N3O2/c1-16-10-6-3-2-5-9(10)14-13(16)15-12(17)11-7-4-8-18-11/h2-3,5-6,11H,4,7-8H2,1H3,(H,14,15,17)/t11-/m1/s1. The SMILES string of the molecule is Cn1c(NC(=O)[C@H]2CCCO2)nc2ccccc21. The summed E-state index contributed by atoms with van der Waals surface area (Å²) in [4.78, 5) is 16.4. The van der Waals surface area contributed by atoms with Crippen molar-refractivity contribution in [2.24, 2.45) is 7.05 Å². The first-order valence-corrected chi connectivity index (χ1v) is 6.09. The van der Waals surface area contributed by atoms with Crippen LogP contribution in [-0.2, 0) is 16.6 Å². The van der Waals surface area contributed by atoms with Crippen LogP contribution in [0.3, 0.4) is 0 Å². The van der Waals surface area contributed by atoms with Crippen molar-refractivity contribution in [2.45, 2.75) is 18.9 Å². The number of para-hydroxylation sites is 2. The average Bonchev–Trinajstić information content (AvgIpc) is 3.00. The van der Waals surface area contributed by atoms with Crippen LogP contribution < -0.4 is 5.32 Å². The molecule has 0 aliphatic carbocycles. The van der Waals surface area contributed by atoms with E-state index in [1.54, 1.807) is 0 Å². The Hall–Kier alpha value is -1.88. The number of aryl methyl sites for hydroxylation is 1. The van der Waals surface area contributed by atoms with E-state index in [1.165, 1.54) is 0 Å². The number of carbonyl (C=O) groups excluding carboxylic acids is 1. The highest BCUT2D eigenvalue weighted by atomic mass is 16.5. The van der Waals surface area contributed by atoms with Crippen LogP contribution in [0, 0.1) is 0 Å². The summed E-state index contributed by atoms with van der Waals surface area (Å²) in [5, 5.41) is 2.83. The summed E-state index contributed by atoms with van der Waals surface area (Å²) in [5.41, 5.74) is 1.88. The maximum atomic E-state index is 12.0. The number of nitrogens with zero attached hydrogens (tertiary/aromatic N) is 2. The van der Waals surface area contributed by atoms with Crippen LogP contribution in [0.2, 0.25) is 0 Å². The third-order valence-corrected chi connectivity index (χ3v) is 3.24. The second kappa shape index (κ2) is 4.42. The fraction of sp³-hybridized carbons (Fsp3) is 0.385. The second-order valence-electron chi connectivity index (χ2n) is 4.47. The van der Waals surface area contributed by atoms with Crippen LogP contribution in [0.4, 0.5) is 5.95 Å². The van der Waals surface area contributed by atoms with E-state index in [0.29, 0.717) is 12.6 Å². The van der Waals surface area contributed by atoms with E-state index < -0.39 is 0 Å². The minimum absolute atomic E-state index is 0.106. The summed E-state index contributed by atoms with van der Waals surface area (Å²) in [5.74, 6) is 0.461. The van der Waals surface area contributed by atoms with Crippen LogP contribution in [0.5, 0.6) is 0 Å². The number of hydrogen-bond acceptors (Lipinski definition) is 3. The van der Waals surface area contributed by atoms with Crippen LogP contribution in [0.15, 0.2) is 24.3 Å². The van der Waals surface area contributed by atoms with E-state index in [-0.39, 0.29) is 12.0 Å². The Morgan fingerprint density at radius 3 is 3.06 bits per heavy atom. The zero-order valence-corrected chi connectivity index (χ0v) is 10.2. The smallest absolute Gasteiger partial charge is 0.255 e. The lowest BCUT2D eigenvalue weighted by Gasteiger charge is -2.09. The first-order valence-electron chi connectivity index (χ1n) is 6.09. The molecule has 2 heterocycles. The minimum atomic E-state index is -0.329. The van der Waals surface area contributed by atoms with Crippen molar-refractivity contribution in [3.63, 3.8) is 0 Å². The van der Waals surface area contributed by atoms with Gasteiger partial charge in [-0.25, -0.2) is 4.98 Å². The summed E-state index contributed by atoms with van der Waals surface area (Å²) in [6, 6.07) is 7.79. The van der Waals surface area contributed by atoms with Gasteiger partial charge in [-0.2, -0.15) is 0 Å². The lowest BCUT2D eigenvalue weighted by molar-refractivity contribution is -0.124. The van der Waals surface area contributed by atoms with Crippen molar-refractivity contribution in [2.75, 3.05) is 11.9 Å². The van der Waals surface area contributed by atoms with Crippen LogP contribution in [-0.4, -0.2) is 28.2 Å². The first kappa shape index (κ1) is 11.2. The molecule has 3 rings (SSSR count). The van der Waals surface area contributed by atoms with E-state index >= 15 is 0 Å². The van der Waals surface area contributed by atoms with Crippen LogP contribution in [0.25, 0.3) is 11.0 Å². The van der Waals surface area contributed by atoms with Gasteiger partial charge in [0.2, 0.25) is 5.95 Å². The molecule has 1 amide bonds. The molecular weight excluding hydrogens is 230 g/mol. The number of ether oxygens (including phenoxy) is 1. The number of amides is 1. The Balaban J connectivity index is 1.86. The number of nitrogens with one attached hydrogen (secondary N) is 1. The maximum Gasteiger partial charge on any atom is 0.255 e. The van der Waals surface area contributed by atoms with Gasteiger partial charge in [0.05, 0.1) is 11.0 Å². The molecular formula is C13H15N3O2. The molecule has 1 aromatic carbocycles. The van der Waals surface area contributed by atoms with Gasteiger partial charge in [-0.05, 0) is 25.0 Å². The van der Waals surface area contributed by atoms with Crippen molar-refractivity contribution in [1.29, 1.82) is 0 Å². The fourth-order valence-electron chi connectivity index (χ4n) is 2.23. The summed E-state index contributed by atoms with van der Waals surface area (Å²) in [6.45, 7) is 0.667. The molecule has 94 valence electrons. The topological polar surface area (TPSA) is 56.2 Å². The number of hydrogen-bond donors (Lipinski definition) is 1. The van der Waals surface area contributed by atoms with Gasteiger partial charge in [0.1, 0.15) is 6.10 Å². The number of aromatic nitrogens is 2. The summed E-state index contributed by atoms with van der Waals surface area (Å²) in [7, 11) is 1.89. The number of rotatable bonds is 2.